The molecule has 0 atom stereocenters. The average Bonchev–Trinajstić information content (AvgIpc) is 2.28. The summed E-state index contributed by atoms with van der Waals surface area (Å²) in [5.74, 6) is 1.40. The molecular weight excluding hydrogens is 272 g/mol. The molecule has 0 bridgehead atoms. The Balaban J connectivity index is 2.81. The van der Waals surface area contributed by atoms with E-state index in [0.29, 0.717) is 12.5 Å². The lowest BCUT2D eigenvalue weighted by Crippen LogP contribution is -2.23. The summed E-state index contributed by atoms with van der Waals surface area (Å²) < 4.78 is 0.825. The van der Waals surface area contributed by atoms with E-state index in [9.17, 15) is 0 Å². The lowest BCUT2D eigenvalue weighted by atomic mass is 10.5. The van der Waals surface area contributed by atoms with E-state index in [0.717, 1.165) is 23.3 Å². The van der Waals surface area contributed by atoms with Crippen molar-refractivity contribution >= 4 is 27.7 Å². The summed E-state index contributed by atoms with van der Waals surface area (Å²) in [6.07, 6.45) is 2.75. The summed E-state index contributed by atoms with van der Waals surface area (Å²) in [4.78, 5) is 10.4. The molecule has 0 amide bonds. The molecule has 0 saturated heterocycles. The maximum atomic E-state index is 8.88. The van der Waals surface area contributed by atoms with Gasteiger partial charge in [-0.1, -0.05) is 6.92 Å². The van der Waals surface area contributed by atoms with E-state index in [1.807, 2.05) is 11.9 Å². The smallest absolute Gasteiger partial charge is 0.224 e. The number of rotatable bonds is 6. The molecule has 0 spiro atoms. The van der Waals surface area contributed by atoms with Gasteiger partial charge in [0.1, 0.15) is 5.82 Å². The van der Waals surface area contributed by atoms with Gasteiger partial charge in [-0.2, -0.15) is 4.98 Å². The van der Waals surface area contributed by atoms with Crippen LogP contribution in [0.25, 0.3) is 0 Å². The summed E-state index contributed by atoms with van der Waals surface area (Å²) in [5.41, 5.74) is 0. The van der Waals surface area contributed by atoms with Crippen LogP contribution in [0.1, 0.15) is 13.3 Å². The van der Waals surface area contributed by atoms with Gasteiger partial charge in [-0.25, -0.2) is 4.98 Å². The number of aliphatic hydroxyl groups excluding tert-OH is 1. The third-order valence-corrected chi connectivity index (χ3v) is 2.62. The highest BCUT2D eigenvalue weighted by Crippen LogP contribution is 2.22. The predicted octanol–water partition coefficient (Wildman–Crippen LogP) is 1.49. The van der Waals surface area contributed by atoms with Crippen molar-refractivity contribution in [2.45, 2.75) is 13.3 Å². The zero-order valence-electron chi connectivity index (χ0n) is 9.57. The van der Waals surface area contributed by atoms with Crippen LogP contribution in [0.5, 0.6) is 0 Å². The third-order valence-electron chi connectivity index (χ3n) is 2.06. The number of aliphatic hydroxyl groups is 1. The minimum atomic E-state index is 0.102. The standard InChI is InChI=1S/C10H17BrN4O/c1-3-4-12-10-13-7-8(11)9(14-10)15(2)5-6-16/h7,16H,3-6H2,1-2H3,(H,12,13,14). The lowest BCUT2D eigenvalue weighted by Gasteiger charge is -2.18. The Kier molecular flexibility index (Phi) is 5.48. The zero-order chi connectivity index (χ0) is 12.0. The van der Waals surface area contributed by atoms with Crippen LogP contribution in [0.4, 0.5) is 11.8 Å². The number of halogens is 1. The first kappa shape index (κ1) is 13.2. The number of nitrogens with one attached hydrogen (secondary N) is 1. The first-order chi connectivity index (χ1) is 7.69. The fourth-order valence-electron chi connectivity index (χ4n) is 1.20. The molecule has 0 fully saturated rings. The van der Waals surface area contributed by atoms with Crippen molar-refractivity contribution in [2.24, 2.45) is 0 Å². The topological polar surface area (TPSA) is 61.3 Å². The van der Waals surface area contributed by atoms with Crippen LogP contribution in [0.15, 0.2) is 10.7 Å². The molecule has 1 aromatic heterocycles. The maximum Gasteiger partial charge on any atom is 0.224 e. The minimum absolute atomic E-state index is 0.102. The van der Waals surface area contributed by atoms with E-state index in [4.69, 9.17) is 5.11 Å². The number of hydrogen-bond acceptors (Lipinski definition) is 5. The molecule has 1 rings (SSSR count). The van der Waals surface area contributed by atoms with Crippen LogP contribution >= 0.6 is 15.9 Å². The molecule has 6 heteroatoms. The van der Waals surface area contributed by atoms with E-state index < -0.39 is 0 Å². The van der Waals surface area contributed by atoms with Crippen LogP contribution in [-0.2, 0) is 0 Å². The van der Waals surface area contributed by atoms with Crippen LogP contribution in [0, 0.1) is 0 Å². The van der Waals surface area contributed by atoms with E-state index in [1.165, 1.54) is 0 Å². The monoisotopic (exact) mass is 288 g/mol. The molecule has 1 aromatic rings. The highest BCUT2D eigenvalue weighted by atomic mass is 79.9. The molecule has 16 heavy (non-hydrogen) atoms. The van der Waals surface area contributed by atoms with Crippen molar-refractivity contribution in [3.05, 3.63) is 10.7 Å². The van der Waals surface area contributed by atoms with Gasteiger partial charge in [-0.05, 0) is 22.4 Å². The van der Waals surface area contributed by atoms with Crippen molar-refractivity contribution in [2.75, 3.05) is 37.0 Å². The number of nitrogens with zero attached hydrogens (tertiary/aromatic N) is 3. The van der Waals surface area contributed by atoms with E-state index >= 15 is 0 Å². The van der Waals surface area contributed by atoms with Crippen LogP contribution in [-0.4, -0.2) is 41.8 Å². The van der Waals surface area contributed by atoms with Gasteiger partial charge in [0.2, 0.25) is 5.95 Å². The summed E-state index contributed by atoms with van der Waals surface area (Å²) in [6, 6.07) is 0. The molecular formula is C10H17BrN4O. The molecule has 0 saturated carbocycles. The number of anilines is 2. The Morgan fingerprint density at radius 1 is 1.56 bits per heavy atom. The Morgan fingerprint density at radius 3 is 2.94 bits per heavy atom. The highest BCUT2D eigenvalue weighted by Gasteiger charge is 2.08. The molecule has 0 aromatic carbocycles. The quantitative estimate of drug-likeness (QED) is 0.831. The van der Waals surface area contributed by atoms with Crippen LogP contribution < -0.4 is 10.2 Å². The minimum Gasteiger partial charge on any atom is -0.395 e. The molecule has 0 aliphatic carbocycles. The molecule has 2 N–H and O–H groups in total. The number of likely N-dealkylation sites (N-methyl/N-ethyl adjacent to an activating group) is 1. The van der Waals surface area contributed by atoms with Gasteiger partial charge in [0.05, 0.1) is 11.1 Å². The van der Waals surface area contributed by atoms with Crippen molar-refractivity contribution in [3.63, 3.8) is 0 Å². The van der Waals surface area contributed by atoms with Crippen LogP contribution in [0.2, 0.25) is 0 Å². The van der Waals surface area contributed by atoms with E-state index in [1.54, 1.807) is 6.20 Å². The Hall–Kier alpha value is -0.880. The van der Waals surface area contributed by atoms with Crippen molar-refractivity contribution in [1.29, 1.82) is 0 Å². The highest BCUT2D eigenvalue weighted by molar-refractivity contribution is 9.10. The molecule has 1 heterocycles. The number of hydrogen-bond donors (Lipinski definition) is 2. The first-order valence-corrected chi connectivity index (χ1v) is 6.06. The molecule has 90 valence electrons. The van der Waals surface area contributed by atoms with Crippen LogP contribution in [0.3, 0.4) is 0 Å². The summed E-state index contributed by atoms with van der Waals surface area (Å²) in [5, 5.41) is 12.0. The summed E-state index contributed by atoms with van der Waals surface area (Å²) in [6.45, 7) is 3.59. The van der Waals surface area contributed by atoms with Gasteiger partial charge in [0.15, 0.2) is 0 Å². The largest absolute Gasteiger partial charge is 0.395 e. The fraction of sp³-hybridized carbons (Fsp3) is 0.600. The third kappa shape index (κ3) is 3.61. The Bertz CT molecular complexity index is 335. The number of aromatic nitrogens is 2. The van der Waals surface area contributed by atoms with Gasteiger partial charge in [-0.15, -0.1) is 0 Å². The fourth-order valence-corrected chi connectivity index (χ4v) is 1.70. The average molecular weight is 289 g/mol. The molecule has 0 aliphatic heterocycles. The summed E-state index contributed by atoms with van der Waals surface area (Å²) >= 11 is 3.39. The lowest BCUT2D eigenvalue weighted by molar-refractivity contribution is 0.304. The van der Waals surface area contributed by atoms with Crippen molar-refractivity contribution < 1.29 is 5.11 Å². The second kappa shape index (κ2) is 6.65. The van der Waals surface area contributed by atoms with E-state index in [2.05, 4.69) is 38.1 Å². The van der Waals surface area contributed by atoms with Crippen molar-refractivity contribution in [3.8, 4) is 0 Å². The molecule has 0 unspecified atom stereocenters. The zero-order valence-corrected chi connectivity index (χ0v) is 11.2. The van der Waals surface area contributed by atoms with Gasteiger partial charge >= 0.3 is 0 Å². The SMILES string of the molecule is CCCNc1ncc(Br)c(N(C)CCO)n1. The van der Waals surface area contributed by atoms with Gasteiger partial charge in [0, 0.05) is 26.3 Å². The molecule has 5 nitrogen and oxygen atoms in total. The molecule has 0 aliphatic rings. The second-order valence-electron chi connectivity index (χ2n) is 3.44. The molecule has 0 radical (unpaired) electrons. The normalized spacial score (nSPS) is 10.2. The van der Waals surface area contributed by atoms with Gasteiger partial charge in [0.25, 0.3) is 0 Å². The van der Waals surface area contributed by atoms with Crippen molar-refractivity contribution in [1.82, 2.24) is 9.97 Å². The van der Waals surface area contributed by atoms with Gasteiger partial charge in [-0.3, -0.25) is 0 Å². The predicted molar refractivity (Wildman–Crippen MR) is 68.9 cm³/mol. The maximum absolute atomic E-state index is 8.88. The van der Waals surface area contributed by atoms with E-state index in [-0.39, 0.29) is 6.61 Å². The summed E-state index contributed by atoms with van der Waals surface area (Å²) in [7, 11) is 1.88. The Labute approximate surface area is 104 Å². The Morgan fingerprint density at radius 2 is 2.31 bits per heavy atom. The van der Waals surface area contributed by atoms with Gasteiger partial charge < -0.3 is 15.3 Å². The first-order valence-electron chi connectivity index (χ1n) is 5.27. The second-order valence-corrected chi connectivity index (χ2v) is 4.29.